The van der Waals surface area contributed by atoms with Crippen molar-refractivity contribution in [3.63, 3.8) is 0 Å². The molecule has 0 atom stereocenters. The van der Waals surface area contributed by atoms with Crippen LogP contribution in [0.3, 0.4) is 0 Å². The average molecular weight is 465 g/mol. The van der Waals surface area contributed by atoms with Crippen LogP contribution in [0.4, 0.5) is 10.5 Å². The highest BCUT2D eigenvalue weighted by atomic mass is 79.9. The number of hydrogen-bond donors (Lipinski definition) is 3. The van der Waals surface area contributed by atoms with Gasteiger partial charge in [0, 0.05) is 47.1 Å². The zero-order valence-corrected chi connectivity index (χ0v) is 17.3. The third-order valence-corrected chi connectivity index (χ3v) is 4.81. The molecule has 2 amide bonds. The van der Waals surface area contributed by atoms with E-state index in [1.165, 1.54) is 4.68 Å². The lowest BCUT2D eigenvalue weighted by atomic mass is 10.2. The van der Waals surface area contributed by atoms with Gasteiger partial charge >= 0.3 is 6.03 Å². The normalized spacial score (nSPS) is 10.6. The fraction of sp³-hybridized carbons (Fsp3) is 0.0476. The number of pyridine rings is 2. The first kappa shape index (κ1) is 19.6. The Morgan fingerprint density at radius 3 is 2.83 bits per heavy atom. The summed E-state index contributed by atoms with van der Waals surface area (Å²) < 4.78 is 2.23. The zero-order valence-electron chi connectivity index (χ0n) is 15.7. The Hall–Kier alpha value is -3.72. The molecule has 0 aliphatic rings. The van der Waals surface area contributed by atoms with Crippen molar-refractivity contribution in [1.29, 1.82) is 0 Å². The summed E-state index contributed by atoms with van der Waals surface area (Å²) in [5.74, 6) is 0.432. The maximum atomic E-state index is 12.8. The lowest BCUT2D eigenvalue weighted by molar-refractivity contribution is 0.251. The largest absolute Gasteiger partial charge is 0.334 e. The predicted octanol–water partition coefficient (Wildman–Crippen LogP) is 3.71. The summed E-state index contributed by atoms with van der Waals surface area (Å²) in [5.41, 5.74) is 2.47. The molecule has 0 bridgehead atoms. The Bertz CT molecular complexity index is 1240. The van der Waals surface area contributed by atoms with Crippen LogP contribution >= 0.6 is 15.9 Å². The number of hydrogen-bond acceptors (Lipinski definition) is 4. The molecule has 9 heteroatoms. The Labute approximate surface area is 180 Å². The van der Waals surface area contributed by atoms with E-state index in [0.717, 1.165) is 15.6 Å². The van der Waals surface area contributed by atoms with Gasteiger partial charge in [0.15, 0.2) is 5.82 Å². The van der Waals surface area contributed by atoms with Gasteiger partial charge in [-0.25, -0.2) is 14.5 Å². The smallest absolute Gasteiger partial charge is 0.319 e. The summed E-state index contributed by atoms with van der Waals surface area (Å²) in [6.45, 7) is 0.278. The Kier molecular flexibility index (Phi) is 5.71. The molecule has 0 radical (unpaired) electrons. The van der Waals surface area contributed by atoms with Gasteiger partial charge < -0.3 is 10.6 Å². The number of rotatable bonds is 5. The van der Waals surface area contributed by atoms with E-state index < -0.39 is 0 Å². The highest BCUT2D eigenvalue weighted by Crippen LogP contribution is 2.16. The van der Waals surface area contributed by atoms with Gasteiger partial charge in [-0.05, 0) is 42.0 Å². The Morgan fingerprint density at radius 1 is 1.13 bits per heavy atom. The van der Waals surface area contributed by atoms with Gasteiger partial charge in [-0.2, -0.15) is 0 Å². The van der Waals surface area contributed by atoms with Crippen molar-refractivity contribution in [2.45, 2.75) is 6.54 Å². The van der Waals surface area contributed by atoms with Crippen LogP contribution in [0.5, 0.6) is 0 Å². The maximum Gasteiger partial charge on any atom is 0.319 e. The number of aromatic amines is 1. The molecule has 3 N–H and O–H groups in total. The van der Waals surface area contributed by atoms with Gasteiger partial charge in [0.25, 0.3) is 5.56 Å². The van der Waals surface area contributed by atoms with E-state index in [0.29, 0.717) is 17.1 Å². The van der Waals surface area contributed by atoms with Gasteiger partial charge in [-0.1, -0.05) is 28.1 Å². The minimum Gasteiger partial charge on any atom is -0.334 e. The molecular weight excluding hydrogens is 448 g/mol. The van der Waals surface area contributed by atoms with Gasteiger partial charge in [0.1, 0.15) is 0 Å². The molecule has 3 heterocycles. The van der Waals surface area contributed by atoms with Crippen molar-refractivity contribution in [2.75, 3.05) is 5.32 Å². The summed E-state index contributed by atoms with van der Waals surface area (Å²) in [6.07, 6.45) is 6.50. The van der Waals surface area contributed by atoms with Crippen molar-refractivity contribution in [3.05, 3.63) is 93.7 Å². The van der Waals surface area contributed by atoms with E-state index in [9.17, 15) is 9.59 Å². The van der Waals surface area contributed by atoms with Crippen LogP contribution in [0.25, 0.3) is 16.9 Å². The van der Waals surface area contributed by atoms with Gasteiger partial charge in [0.2, 0.25) is 0 Å². The van der Waals surface area contributed by atoms with E-state index in [-0.39, 0.29) is 18.1 Å². The van der Waals surface area contributed by atoms with Crippen LogP contribution in [0.15, 0.2) is 82.6 Å². The third kappa shape index (κ3) is 4.47. The molecule has 4 aromatic rings. The van der Waals surface area contributed by atoms with Crippen molar-refractivity contribution in [3.8, 4) is 16.9 Å². The molecule has 0 unspecified atom stereocenters. The summed E-state index contributed by atoms with van der Waals surface area (Å²) in [7, 11) is 0. The van der Waals surface area contributed by atoms with Crippen molar-refractivity contribution < 1.29 is 4.79 Å². The van der Waals surface area contributed by atoms with Crippen LogP contribution in [0.2, 0.25) is 0 Å². The molecule has 1 aromatic carbocycles. The molecule has 150 valence electrons. The predicted molar refractivity (Wildman–Crippen MR) is 117 cm³/mol. The van der Waals surface area contributed by atoms with Crippen LogP contribution in [-0.4, -0.2) is 25.8 Å². The number of carbonyl (C=O) groups excluding carboxylic acids is 1. The number of benzene rings is 1. The topological polar surface area (TPSA) is 105 Å². The zero-order chi connectivity index (χ0) is 20.9. The monoisotopic (exact) mass is 464 g/mol. The molecule has 0 spiro atoms. The lowest BCUT2D eigenvalue weighted by Crippen LogP contribution is -2.28. The number of carbonyl (C=O) groups is 1. The molecule has 0 fully saturated rings. The second-order valence-electron chi connectivity index (χ2n) is 6.41. The summed E-state index contributed by atoms with van der Waals surface area (Å²) in [4.78, 5) is 33.2. The van der Waals surface area contributed by atoms with Gasteiger partial charge in [0.05, 0.1) is 5.56 Å². The van der Waals surface area contributed by atoms with E-state index in [1.807, 2.05) is 24.3 Å². The number of aromatic nitrogens is 4. The number of H-pyrrole nitrogens is 1. The van der Waals surface area contributed by atoms with Gasteiger partial charge in [-0.3, -0.25) is 14.9 Å². The second-order valence-corrected chi connectivity index (χ2v) is 7.33. The number of anilines is 1. The number of nitrogens with zero attached hydrogens (tertiary/aromatic N) is 3. The molecule has 0 saturated heterocycles. The molecule has 0 aliphatic heterocycles. The van der Waals surface area contributed by atoms with Crippen LogP contribution in [0.1, 0.15) is 5.56 Å². The van der Waals surface area contributed by atoms with E-state index >= 15 is 0 Å². The fourth-order valence-corrected chi connectivity index (χ4v) is 3.28. The molecule has 0 saturated carbocycles. The molecule has 3 aromatic heterocycles. The van der Waals surface area contributed by atoms with Crippen molar-refractivity contribution in [2.24, 2.45) is 0 Å². The van der Waals surface area contributed by atoms with Crippen molar-refractivity contribution >= 4 is 27.6 Å². The van der Waals surface area contributed by atoms with E-state index in [2.05, 4.69) is 41.6 Å². The molecule has 30 heavy (non-hydrogen) atoms. The molecule has 4 rings (SSSR count). The molecular formula is C21H17BrN6O2. The van der Waals surface area contributed by atoms with E-state index in [1.54, 1.807) is 49.1 Å². The first-order valence-electron chi connectivity index (χ1n) is 9.07. The fourth-order valence-electron chi connectivity index (χ4n) is 2.89. The summed E-state index contributed by atoms with van der Waals surface area (Å²) >= 11 is 3.37. The minimum atomic E-state index is -0.331. The standard InChI is InChI=1S/C21H17BrN6O2/c22-16-4-1-5-17(10-16)27-21(30)25-11-14-6-8-24-19(9-14)28-20(29)18(13-26-28)15-3-2-7-23-12-15/h1-10,12-13,26H,11H2,(H2,25,27,30). The average Bonchev–Trinajstić information content (AvgIpc) is 3.14. The molecule has 0 aliphatic carbocycles. The first-order valence-corrected chi connectivity index (χ1v) is 9.86. The molecule has 8 nitrogen and oxygen atoms in total. The van der Waals surface area contributed by atoms with Crippen LogP contribution in [-0.2, 0) is 6.54 Å². The van der Waals surface area contributed by atoms with E-state index in [4.69, 9.17) is 0 Å². The number of halogens is 1. The van der Waals surface area contributed by atoms with Crippen molar-refractivity contribution in [1.82, 2.24) is 25.1 Å². The van der Waals surface area contributed by atoms with Gasteiger partial charge in [-0.15, -0.1) is 0 Å². The number of nitrogens with one attached hydrogen (secondary N) is 3. The summed E-state index contributed by atoms with van der Waals surface area (Å²) in [5, 5.41) is 8.49. The highest BCUT2D eigenvalue weighted by molar-refractivity contribution is 9.10. The minimum absolute atomic E-state index is 0.229. The SMILES string of the molecule is O=C(NCc1ccnc(-n2[nH]cc(-c3cccnc3)c2=O)c1)Nc1cccc(Br)c1. The number of urea groups is 1. The summed E-state index contributed by atoms with van der Waals surface area (Å²) in [6, 6.07) is 14.1. The quantitative estimate of drug-likeness (QED) is 0.418. The lowest BCUT2D eigenvalue weighted by Gasteiger charge is -2.09. The maximum absolute atomic E-state index is 12.8. The first-order chi connectivity index (χ1) is 14.6. The van der Waals surface area contributed by atoms with Crippen LogP contribution in [0, 0.1) is 0 Å². The Morgan fingerprint density at radius 2 is 2.03 bits per heavy atom. The Balaban J connectivity index is 1.46. The third-order valence-electron chi connectivity index (χ3n) is 4.32. The number of amides is 2. The highest BCUT2D eigenvalue weighted by Gasteiger charge is 2.11. The van der Waals surface area contributed by atoms with Crippen LogP contribution < -0.4 is 16.2 Å². The second kappa shape index (κ2) is 8.75.